The Morgan fingerprint density at radius 1 is 0.472 bits per heavy atom. The van der Waals surface area contributed by atoms with Crippen LogP contribution in [-0.2, 0) is 56.0 Å². The van der Waals surface area contributed by atoms with E-state index in [-0.39, 0.29) is 45.6 Å². The lowest BCUT2D eigenvalue weighted by molar-refractivity contribution is -0.129. The molecule has 2 aromatic rings. The summed E-state index contributed by atoms with van der Waals surface area (Å²) in [7, 11) is 4.50. The highest BCUT2D eigenvalue weighted by atomic mass is 16.3. The summed E-state index contributed by atoms with van der Waals surface area (Å²) in [6.07, 6.45) is 8.41. The van der Waals surface area contributed by atoms with E-state index in [1.165, 1.54) is 64.4 Å². The van der Waals surface area contributed by atoms with Gasteiger partial charge in [0.05, 0.1) is 0 Å². The number of piperidine rings is 1. The van der Waals surface area contributed by atoms with Gasteiger partial charge in [-0.15, -0.1) is 0 Å². The molecule has 0 aliphatic carbocycles. The maximum atomic E-state index is 10.7. The molecule has 0 atom stereocenters. The van der Waals surface area contributed by atoms with Crippen molar-refractivity contribution in [1.82, 2.24) is 35.7 Å². The monoisotopic (exact) mass is 1050 g/mol. The highest BCUT2D eigenvalue weighted by Gasteiger charge is 2.11. The summed E-state index contributed by atoms with van der Waals surface area (Å²) >= 11 is 0. The van der Waals surface area contributed by atoms with Crippen molar-refractivity contribution in [1.29, 1.82) is 0 Å². The molecule has 0 aromatic heterocycles. The predicted octanol–water partition coefficient (Wildman–Crippen LogP) is 11.2. The van der Waals surface area contributed by atoms with E-state index >= 15 is 0 Å². The highest BCUT2D eigenvalue weighted by molar-refractivity contribution is 5.73. The first-order valence-corrected chi connectivity index (χ1v) is 22.2. The fraction of sp³-hybridized carbons (Fsp3) is 0.604. The summed E-state index contributed by atoms with van der Waals surface area (Å²) in [6.45, 7) is 51.2. The topological polar surface area (TPSA) is 430 Å². The van der Waals surface area contributed by atoms with Crippen LogP contribution in [0, 0.1) is 17.8 Å². The number of nitrogens with zero attached hydrogens (tertiary/aromatic N) is 1. The van der Waals surface area contributed by atoms with Crippen LogP contribution < -0.4 is 48.0 Å². The molecule has 1 aliphatic heterocycles. The van der Waals surface area contributed by atoms with Crippen molar-refractivity contribution in [2.24, 2.45) is 35.0 Å². The number of benzene rings is 2. The summed E-state index contributed by atoms with van der Waals surface area (Å²) in [5.74, 6) is 2.83. The summed E-state index contributed by atoms with van der Waals surface area (Å²) in [5.41, 5.74) is 16.3. The number of aliphatic hydroxyl groups is 1. The zero-order valence-electron chi connectivity index (χ0n) is 50.4. The van der Waals surface area contributed by atoms with Crippen molar-refractivity contribution in [3.63, 3.8) is 0 Å². The number of hydrogen-bond donors (Lipinski definition) is 9. The molecule has 0 bridgehead atoms. The molecular weight excluding hydrogens is 923 g/mol. The van der Waals surface area contributed by atoms with Gasteiger partial charge in [-0.2, -0.15) is 0 Å². The van der Waals surface area contributed by atoms with Crippen LogP contribution in [-0.4, -0.2) is 111 Å². The van der Waals surface area contributed by atoms with E-state index in [9.17, 15) is 4.79 Å². The van der Waals surface area contributed by atoms with Gasteiger partial charge in [0.1, 0.15) is 54.3 Å². The Morgan fingerprint density at radius 2 is 0.625 bits per heavy atom. The summed E-state index contributed by atoms with van der Waals surface area (Å²) in [4.78, 5) is 76.6. The Labute approximate surface area is 448 Å². The van der Waals surface area contributed by atoms with Crippen LogP contribution in [0.2, 0.25) is 0 Å². The van der Waals surface area contributed by atoms with Gasteiger partial charge in [0, 0.05) is 29.0 Å². The molecule has 1 aliphatic rings. The van der Waals surface area contributed by atoms with Crippen LogP contribution in [0.3, 0.4) is 0 Å². The van der Waals surface area contributed by atoms with Crippen LogP contribution in [0.1, 0.15) is 157 Å². The number of rotatable bonds is 4. The van der Waals surface area contributed by atoms with Crippen LogP contribution >= 0.6 is 0 Å². The lowest BCUT2D eigenvalue weighted by Gasteiger charge is -2.24. The van der Waals surface area contributed by atoms with E-state index in [4.69, 9.17) is 43.5 Å². The highest BCUT2D eigenvalue weighted by Crippen LogP contribution is 2.07. The lowest BCUT2D eigenvalue weighted by Crippen LogP contribution is -2.33. The smallest absolute Gasteiger partial charge is 0.219 e. The number of likely N-dealkylation sites (tertiary alicyclic amines) is 1. The van der Waals surface area contributed by atoms with Crippen LogP contribution in [0.25, 0.3) is 0 Å². The normalized spacial score (nSPS) is 7.62. The minimum atomic E-state index is -0.167. The third-order valence-corrected chi connectivity index (χ3v) is 5.94. The Kier molecular flexibility index (Phi) is 370. The van der Waals surface area contributed by atoms with Gasteiger partial charge in [0.2, 0.25) is 5.91 Å². The largest absolute Gasteiger partial charge is 0.394 e. The molecule has 3 rings (SSSR count). The number of carbonyl (C=O) groups is 9. The molecule has 1 heterocycles. The molecule has 72 heavy (non-hydrogen) atoms. The zero-order chi connectivity index (χ0) is 58.1. The van der Waals surface area contributed by atoms with Crippen molar-refractivity contribution in [3.8, 4) is 0 Å². The van der Waals surface area contributed by atoms with Crippen molar-refractivity contribution in [3.05, 3.63) is 71.8 Å². The van der Waals surface area contributed by atoms with E-state index in [2.05, 4.69) is 142 Å². The molecule has 0 radical (unpaired) electrons. The summed E-state index contributed by atoms with van der Waals surface area (Å²) in [5, 5.41) is 8.06. The van der Waals surface area contributed by atoms with Crippen LogP contribution in [0.4, 0.5) is 0 Å². The number of amides is 1. The molecule has 448 valence electrons. The number of nitrogens with two attached hydrogens (primary N) is 3. The van der Waals surface area contributed by atoms with Gasteiger partial charge in [-0.05, 0) is 96.0 Å². The van der Waals surface area contributed by atoms with Gasteiger partial charge in [0.25, 0.3) is 0 Å². The molecule has 2 aromatic carbocycles. The van der Waals surface area contributed by atoms with Gasteiger partial charge < -0.3 is 96.3 Å². The van der Waals surface area contributed by atoms with Crippen molar-refractivity contribution in [2.45, 2.75) is 162 Å². The van der Waals surface area contributed by atoms with Crippen molar-refractivity contribution < 1.29 is 51.1 Å². The van der Waals surface area contributed by atoms with Gasteiger partial charge in [-0.25, -0.2) is 0 Å². The van der Waals surface area contributed by atoms with Crippen molar-refractivity contribution in [2.75, 3.05) is 34.2 Å². The fourth-order valence-corrected chi connectivity index (χ4v) is 2.64. The van der Waals surface area contributed by atoms with Crippen LogP contribution in [0.15, 0.2) is 60.7 Å². The Hall–Kier alpha value is -5.09. The molecule has 0 saturated carbocycles. The quantitative estimate of drug-likeness (QED) is 0.137. The SMILES string of the molecule is C=O.C=O.C=O.C=O.C=O.C=O.C=O.C=O.CC.CC(=O)N1CCCCC1.CC(C)C.CC(C)O.CCC(C)C.CCC(C)C.CCc1ccccc1.CCc1ccccc1.CN.CN.CN.N.N.N.N.N.[HH].[HH]. The molecule has 1 saturated heterocycles. The second-order valence-corrected chi connectivity index (χ2v) is 12.7. The zero-order valence-corrected chi connectivity index (χ0v) is 50.4. The maximum absolute atomic E-state index is 10.7. The third-order valence-electron chi connectivity index (χ3n) is 5.94. The molecule has 19 nitrogen and oxygen atoms in total. The number of aliphatic hydroxyl groups excluding tert-OH is 1. The second-order valence-electron chi connectivity index (χ2n) is 12.7. The van der Waals surface area contributed by atoms with Gasteiger partial charge >= 0.3 is 0 Å². The predicted molar refractivity (Wildman–Crippen MR) is 324 cm³/mol. The molecule has 0 spiro atoms. The Morgan fingerprint density at radius 3 is 0.708 bits per heavy atom. The Balaban J connectivity index is -0.0000000182. The molecule has 0 unspecified atom stereocenters. The minimum absolute atomic E-state index is 0. The van der Waals surface area contributed by atoms with Gasteiger partial charge in [-0.1, -0.05) is 164 Å². The first-order chi connectivity index (χ1) is 32.2. The summed E-state index contributed by atoms with van der Waals surface area (Å²) in [6, 6.07) is 20.9. The van der Waals surface area contributed by atoms with E-state index in [1.807, 2.05) is 85.2 Å². The molecule has 1 amide bonds. The number of aryl methyl sites for hydroxylation is 2. The first kappa shape index (κ1) is 138. The second kappa shape index (κ2) is 193. The third kappa shape index (κ3) is 277. The maximum Gasteiger partial charge on any atom is 0.219 e. The van der Waals surface area contributed by atoms with Gasteiger partial charge in [-0.3, -0.25) is 4.79 Å². The average molecular weight is 1050 g/mol. The minimum Gasteiger partial charge on any atom is -0.394 e. The fourth-order valence-electron chi connectivity index (χ4n) is 2.64. The lowest BCUT2D eigenvalue weighted by atomic mass is 10.1. The molecule has 22 N–H and O–H groups in total. The summed E-state index contributed by atoms with van der Waals surface area (Å²) < 4.78 is 0. The van der Waals surface area contributed by atoms with E-state index in [0.29, 0.717) is 0 Å². The average Bonchev–Trinajstić information content (AvgIpc) is 3.42. The number of carbonyl (C=O) groups excluding carboxylic acids is 9. The Bertz CT molecular complexity index is 876. The van der Waals surface area contributed by atoms with Crippen molar-refractivity contribution >= 4 is 60.2 Å². The molecule has 19 heteroatoms. The van der Waals surface area contributed by atoms with E-state index in [0.717, 1.165) is 43.7 Å². The van der Waals surface area contributed by atoms with E-state index in [1.54, 1.807) is 20.8 Å². The molecule has 1 fully saturated rings. The molecular formula is C53H131N9O10. The number of hydrogen-bond acceptors (Lipinski definition) is 18. The van der Waals surface area contributed by atoms with Gasteiger partial charge in [0.15, 0.2) is 0 Å². The van der Waals surface area contributed by atoms with E-state index < -0.39 is 0 Å². The first-order valence-electron chi connectivity index (χ1n) is 22.2. The van der Waals surface area contributed by atoms with Crippen LogP contribution in [0.5, 0.6) is 0 Å². The standard InChI is InChI=1S/2C8H10.C7H13NO.2C5H12.C4H10.C3H8O.C2H6.3CH5N.8CH2O.5H3N.2H2/c2*1-2-8-6-4-3-5-7-8;1-7(9)8-5-3-2-4-6-8;2*1-4-5(2)3;1-4(2)3;1-3(2)4;12*1-2;;;;;;;/h2*3-7H,2H2,1H3;2-6H2,1H3;2*5H,4H2,1-3H3;4H,1-3H3;3-4H,1-2H3;1-2H3;3*2H2,1H3;8*1H2;5*1H3;2*1H.